The van der Waals surface area contributed by atoms with E-state index in [0.717, 1.165) is 0 Å². The number of carbonyl (C=O) groups is 1. The van der Waals surface area contributed by atoms with Crippen LogP contribution in [0, 0.1) is 23.1 Å². The lowest BCUT2D eigenvalue weighted by molar-refractivity contribution is -0.123. The Balaban J connectivity index is 2.84. The van der Waals surface area contributed by atoms with Crippen molar-refractivity contribution in [2.24, 2.45) is 23.1 Å². The second-order valence-electron chi connectivity index (χ2n) is 5.43. The molecule has 1 rings (SSSR count). The maximum Gasteiger partial charge on any atom is 0.139 e. The first-order valence-electron chi connectivity index (χ1n) is 5.78. The highest BCUT2D eigenvalue weighted by Crippen LogP contribution is 2.60. The van der Waals surface area contributed by atoms with E-state index in [1.54, 1.807) is 13.8 Å². The Labute approximate surface area is 89.0 Å². The van der Waals surface area contributed by atoms with Gasteiger partial charge in [-0.1, -0.05) is 39.3 Å². The van der Waals surface area contributed by atoms with Gasteiger partial charge in [-0.05, 0) is 25.2 Å². The monoisotopic (exact) mass is 195 g/mol. The summed E-state index contributed by atoms with van der Waals surface area (Å²) in [6.07, 6.45) is 2.17. The van der Waals surface area contributed by atoms with E-state index in [0.29, 0.717) is 5.92 Å². The molecule has 80 valence electrons. The molecule has 0 aromatic rings. The molecule has 0 N–H and O–H groups in total. The molecular weight excluding hydrogens is 172 g/mol. The van der Waals surface area contributed by atoms with Crippen LogP contribution in [0.2, 0.25) is 0 Å². The maximum atomic E-state index is 12.0. The molecule has 0 bridgehead atoms. The van der Waals surface area contributed by atoms with Crippen LogP contribution in [0.25, 0.3) is 0 Å². The van der Waals surface area contributed by atoms with E-state index >= 15 is 0 Å². The van der Waals surface area contributed by atoms with Crippen molar-refractivity contribution in [3.63, 3.8) is 0 Å². The fraction of sp³-hybridized carbons (Fsp3) is 0.769. The zero-order chi connectivity index (χ0) is 12.0. The minimum Gasteiger partial charge on any atom is -0.299 e. The van der Waals surface area contributed by atoms with Gasteiger partial charge in [0.05, 0.1) is 0 Å². The number of Topliss-reactive ketones (excluding diaryl/α,β-unsaturated/α-hetero) is 1. The molecular formula is C13H22O. The van der Waals surface area contributed by atoms with Crippen molar-refractivity contribution in [1.82, 2.24) is 0 Å². The van der Waals surface area contributed by atoms with E-state index in [2.05, 4.69) is 33.8 Å². The summed E-state index contributed by atoms with van der Waals surface area (Å²) >= 11 is 0. The van der Waals surface area contributed by atoms with Crippen LogP contribution in [0.15, 0.2) is 11.6 Å². The maximum absolute atomic E-state index is 12.0. The van der Waals surface area contributed by atoms with Gasteiger partial charge in [0.25, 0.3) is 0 Å². The molecule has 14 heavy (non-hydrogen) atoms. The topological polar surface area (TPSA) is 17.1 Å². The highest BCUT2D eigenvalue weighted by atomic mass is 16.1. The molecule has 0 unspecified atom stereocenters. The number of hydrogen-bond donors (Lipinski definition) is 0. The average Bonchev–Trinajstić information content (AvgIpc) is 2.48. The highest BCUT2D eigenvalue weighted by Gasteiger charge is 2.60. The summed E-state index contributed by atoms with van der Waals surface area (Å²) in [4.78, 5) is 12.0. The number of hydrogen-bond acceptors (Lipinski definition) is 1. The van der Waals surface area contributed by atoms with Crippen molar-refractivity contribution in [1.29, 1.82) is 0 Å². The molecule has 1 heteroatoms. The summed E-state index contributed by atoms with van der Waals surface area (Å²) < 4.78 is 7.79. The fourth-order valence-corrected chi connectivity index (χ4v) is 2.16. The number of ketones is 1. The smallest absolute Gasteiger partial charge is 0.139 e. The zero-order valence-electron chi connectivity index (χ0n) is 11.1. The molecule has 1 nitrogen and oxygen atoms in total. The SMILES string of the molecule is [2H]C(C)(C)C(=O)[C@H]1[C@H](C=C(C)C)C1(C)C. The molecule has 0 aliphatic heterocycles. The van der Waals surface area contributed by atoms with Gasteiger partial charge in [0, 0.05) is 13.2 Å². The summed E-state index contributed by atoms with van der Waals surface area (Å²) in [6.45, 7) is 11.7. The Morgan fingerprint density at radius 2 is 1.93 bits per heavy atom. The van der Waals surface area contributed by atoms with Crippen molar-refractivity contribution in [2.75, 3.05) is 0 Å². The van der Waals surface area contributed by atoms with Crippen LogP contribution >= 0.6 is 0 Å². The van der Waals surface area contributed by atoms with Gasteiger partial charge in [0.1, 0.15) is 5.78 Å². The van der Waals surface area contributed by atoms with Gasteiger partial charge < -0.3 is 0 Å². The quantitative estimate of drug-likeness (QED) is 0.630. The summed E-state index contributed by atoms with van der Waals surface area (Å²) in [5, 5.41) is 0. The van der Waals surface area contributed by atoms with Gasteiger partial charge in [-0.3, -0.25) is 4.79 Å². The van der Waals surface area contributed by atoms with Crippen LogP contribution in [0.3, 0.4) is 0 Å². The predicted molar refractivity (Wildman–Crippen MR) is 60.0 cm³/mol. The molecule has 0 spiro atoms. The van der Waals surface area contributed by atoms with Crippen LogP contribution in [-0.2, 0) is 4.79 Å². The Bertz CT molecular complexity index is 303. The molecule has 1 fully saturated rings. The van der Waals surface area contributed by atoms with Gasteiger partial charge >= 0.3 is 0 Å². The molecule has 0 amide bonds. The van der Waals surface area contributed by atoms with E-state index in [-0.39, 0.29) is 17.1 Å². The van der Waals surface area contributed by atoms with E-state index in [1.807, 2.05) is 0 Å². The molecule has 0 saturated heterocycles. The number of allylic oxidation sites excluding steroid dienone is 2. The Morgan fingerprint density at radius 1 is 1.43 bits per heavy atom. The van der Waals surface area contributed by atoms with Crippen LogP contribution in [0.5, 0.6) is 0 Å². The molecule has 2 atom stereocenters. The van der Waals surface area contributed by atoms with Gasteiger partial charge in [0.15, 0.2) is 0 Å². The normalized spacial score (nSPS) is 30.6. The minimum atomic E-state index is -0.952. The first kappa shape index (κ1) is 9.95. The second kappa shape index (κ2) is 3.52. The van der Waals surface area contributed by atoms with Gasteiger partial charge in [0.2, 0.25) is 0 Å². The predicted octanol–water partition coefficient (Wildman–Crippen LogP) is 3.45. The third-order valence-electron chi connectivity index (χ3n) is 3.20. The van der Waals surface area contributed by atoms with Crippen LogP contribution in [-0.4, -0.2) is 5.78 Å². The summed E-state index contributed by atoms with van der Waals surface area (Å²) in [5.74, 6) is -0.499. The van der Waals surface area contributed by atoms with E-state index in [4.69, 9.17) is 1.37 Å². The lowest BCUT2D eigenvalue weighted by Gasteiger charge is -2.04. The Morgan fingerprint density at radius 3 is 2.29 bits per heavy atom. The molecule has 0 aromatic heterocycles. The summed E-state index contributed by atoms with van der Waals surface area (Å²) in [7, 11) is 0. The first-order valence-corrected chi connectivity index (χ1v) is 5.28. The highest BCUT2D eigenvalue weighted by molar-refractivity contribution is 5.87. The third kappa shape index (κ3) is 1.92. The molecule has 0 aromatic carbocycles. The minimum absolute atomic E-state index is 0.0416. The first-order chi connectivity index (χ1) is 6.58. The molecule has 1 aliphatic rings. The third-order valence-corrected chi connectivity index (χ3v) is 3.20. The average molecular weight is 195 g/mol. The molecule has 0 heterocycles. The second-order valence-corrected chi connectivity index (χ2v) is 5.43. The largest absolute Gasteiger partial charge is 0.299 e. The van der Waals surface area contributed by atoms with E-state index < -0.39 is 5.89 Å². The number of rotatable bonds is 3. The Kier molecular flexibility index (Phi) is 2.50. The van der Waals surface area contributed by atoms with Crippen LogP contribution < -0.4 is 0 Å². The lowest BCUT2D eigenvalue weighted by atomic mass is 9.99. The molecule has 0 radical (unpaired) electrons. The van der Waals surface area contributed by atoms with Crippen molar-refractivity contribution < 1.29 is 6.17 Å². The van der Waals surface area contributed by atoms with Crippen LogP contribution in [0.4, 0.5) is 0 Å². The molecule has 1 saturated carbocycles. The standard InChI is InChI=1S/C13H22O/c1-8(2)7-10-11(13(10,5)6)12(14)9(3)4/h7,9-11H,1-6H3/t10-,11+/m0/s1/i9D. The van der Waals surface area contributed by atoms with E-state index in [9.17, 15) is 4.79 Å². The van der Waals surface area contributed by atoms with Crippen molar-refractivity contribution >= 4 is 5.78 Å². The lowest BCUT2D eigenvalue weighted by Crippen LogP contribution is -2.12. The summed E-state index contributed by atoms with van der Waals surface area (Å²) in [6, 6.07) is 0. The summed E-state index contributed by atoms with van der Waals surface area (Å²) in [5.41, 5.74) is 1.30. The van der Waals surface area contributed by atoms with Gasteiger partial charge in [-0.15, -0.1) is 0 Å². The van der Waals surface area contributed by atoms with Crippen molar-refractivity contribution in [3.8, 4) is 0 Å². The van der Waals surface area contributed by atoms with Crippen molar-refractivity contribution in [2.45, 2.75) is 41.5 Å². The van der Waals surface area contributed by atoms with Crippen LogP contribution in [0.1, 0.15) is 42.9 Å². The van der Waals surface area contributed by atoms with Gasteiger partial charge in [-0.2, -0.15) is 0 Å². The molecule has 1 aliphatic carbocycles. The fourth-order valence-electron chi connectivity index (χ4n) is 2.16. The Hall–Kier alpha value is -0.590. The van der Waals surface area contributed by atoms with Gasteiger partial charge in [-0.25, -0.2) is 0 Å². The van der Waals surface area contributed by atoms with E-state index in [1.165, 1.54) is 5.57 Å². The number of carbonyl (C=O) groups excluding carboxylic acids is 1. The zero-order valence-corrected chi connectivity index (χ0v) is 10.1. The van der Waals surface area contributed by atoms with Crippen molar-refractivity contribution in [3.05, 3.63) is 11.6 Å².